The zero-order valence-electron chi connectivity index (χ0n) is 13.8. The maximum absolute atomic E-state index is 12.6. The van der Waals surface area contributed by atoms with Crippen molar-refractivity contribution in [1.82, 2.24) is 5.01 Å². The Labute approximate surface area is 141 Å². The van der Waals surface area contributed by atoms with Gasteiger partial charge in [-0.1, -0.05) is 24.3 Å². The SMILES string of the molecule is CC(C)Oc1cccc(C=NN2C(=O)[C@@H]3[C@H](C2=O)[C@H]2C=C[C@H]3C2)c1. The number of imide groups is 1. The fourth-order valence-electron chi connectivity index (χ4n) is 4.07. The molecule has 2 amide bonds. The van der Waals surface area contributed by atoms with E-state index in [9.17, 15) is 9.59 Å². The van der Waals surface area contributed by atoms with Crippen molar-refractivity contribution >= 4 is 18.0 Å². The summed E-state index contributed by atoms with van der Waals surface area (Å²) in [4.78, 5) is 25.1. The van der Waals surface area contributed by atoms with Gasteiger partial charge in [0.15, 0.2) is 0 Å². The Balaban J connectivity index is 1.53. The van der Waals surface area contributed by atoms with Crippen LogP contribution in [0.2, 0.25) is 0 Å². The van der Waals surface area contributed by atoms with Crippen molar-refractivity contribution in [2.24, 2.45) is 28.8 Å². The van der Waals surface area contributed by atoms with Crippen molar-refractivity contribution in [2.45, 2.75) is 26.4 Å². The highest BCUT2D eigenvalue weighted by molar-refractivity contribution is 6.06. The summed E-state index contributed by atoms with van der Waals surface area (Å²) in [6.07, 6.45) is 6.73. The van der Waals surface area contributed by atoms with E-state index < -0.39 is 0 Å². The molecule has 2 bridgehead atoms. The third-order valence-electron chi connectivity index (χ3n) is 5.00. The molecule has 1 heterocycles. The van der Waals surface area contributed by atoms with Crippen LogP contribution in [0.15, 0.2) is 41.5 Å². The van der Waals surface area contributed by atoms with Crippen LogP contribution in [-0.2, 0) is 9.59 Å². The molecule has 24 heavy (non-hydrogen) atoms. The third-order valence-corrected chi connectivity index (χ3v) is 5.00. The zero-order chi connectivity index (χ0) is 16.8. The van der Waals surface area contributed by atoms with Gasteiger partial charge in [0.25, 0.3) is 11.8 Å². The number of allylic oxidation sites excluding steroid dienone is 2. The van der Waals surface area contributed by atoms with Gasteiger partial charge in [-0.05, 0) is 49.8 Å². The minimum absolute atomic E-state index is 0.0845. The fraction of sp³-hybridized carbons (Fsp3) is 0.421. The van der Waals surface area contributed by atoms with Gasteiger partial charge in [0, 0.05) is 0 Å². The van der Waals surface area contributed by atoms with Crippen molar-refractivity contribution < 1.29 is 14.3 Å². The highest BCUT2D eigenvalue weighted by atomic mass is 16.5. The Hall–Kier alpha value is -2.43. The van der Waals surface area contributed by atoms with Crippen molar-refractivity contribution in [3.63, 3.8) is 0 Å². The van der Waals surface area contributed by atoms with Gasteiger partial charge in [-0.15, -0.1) is 0 Å². The van der Waals surface area contributed by atoms with E-state index in [1.807, 2.05) is 38.1 Å². The predicted molar refractivity (Wildman–Crippen MR) is 89.4 cm³/mol. The van der Waals surface area contributed by atoms with Crippen LogP contribution in [0.25, 0.3) is 0 Å². The van der Waals surface area contributed by atoms with Gasteiger partial charge in [0.2, 0.25) is 0 Å². The minimum atomic E-state index is -0.208. The number of nitrogens with zero attached hydrogens (tertiary/aromatic N) is 2. The summed E-state index contributed by atoms with van der Waals surface area (Å²) in [6.45, 7) is 3.92. The molecule has 1 aromatic rings. The number of fused-ring (bicyclic) bond motifs is 5. The van der Waals surface area contributed by atoms with Gasteiger partial charge >= 0.3 is 0 Å². The van der Waals surface area contributed by atoms with Crippen LogP contribution in [0.4, 0.5) is 0 Å². The fourth-order valence-corrected chi connectivity index (χ4v) is 4.07. The lowest BCUT2D eigenvalue weighted by molar-refractivity contribution is -0.140. The maximum Gasteiger partial charge on any atom is 0.254 e. The molecule has 0 unspecified atom stereocenters. The average molecular weight is 324 g/mol. The molecule has 0 N–H and O–H groups in total. The number of ether oxygens (including phenoxy) is 1. The summed E-state index contributed by atoms with van der Waals surface area (Å²) in [6, 6.07) is 7.46. The molecule has 4 atom stereocenters. The quantitative estimate of drug-likeness (QED) is 0.486. The van der Waals surface area contributed by atoms with Crippen LogP contribution in [-0.4, -0.2) is 29.1 Å². The first-order chi connectivity index (χ1) is 11.5. The van der Waals surface area contributed by atoms with E-state index in [-0.39, 0.29) is 41.6 Å². The van der Waals surface area contributed by atoms with Crippen LogP contribution in [0.5, 0.6) is 5.75 Å². The molecular weight excluding hydrogens is 304 g/mol. The smallest absolute Gasteiger partial charge is 0.254 e. The van der Waals surface area contributed by atoms with E-state index in [4.69, 9.17) is 4.74 Å². The Morgan fingerprint density at radius 2 is 1.83 bits per heavy atom. The topological polar surface area (TPSA) is 59.0 Å². The molecular formula is C19H20N2O3. The van der Waals surface area contributed by atoms with E-state index >= 15 is 0 Å². The van der Waals surface area contributed by atoms with Crippen LogP contribution in [0.3, 0.4) is 0 Å². The zero-order valence-corrected chi connectivity index (χ0v) is 13.8. The number of carbonyl (C=O) groups excluding carboxylic acids is 2. The van der Waals surface area contributed by atoms with Gasteiger partial charge in [0.05, 0.1) is 24.2 Å². The summed E-state index contributed by atoms with van der Waals surface area (Å²) in [7, 11) is 0. The van der Waals surface area contributed by atoms with Crippen LogP contribution in [0.1, 0.15) is 25.8 Å². The minimum Gasteiger partial charge on any atom is -0.491 e. The third kappa shape index (κ3) is 2.35. The molecule has 1 aliphatic heterocycles. The van der Waals surface area contributed by atoms with Crippen LogP contribution >= 0.6 is 0 Å². The Kier molecular flexibility index (Phi) is 3.52. The molecule has 124 valence electrons. The Bertz CT molecular complexity index is 723. The lowest BCUT2D eigenvalue weighted by Gasteiger charge is -2.13. The first-order valence-corrected chi connectivity index (χ1v) is 8.41. The van der Waals surface area contributed by atoms with Crippen molar-refractivity contribution in [3.8, 4) is 5.75 Å². The second-order valence-electron chi connectivity index (χ2n) is 6.97. The van der Waals surface area contributed by atoms with Gasteiger partial charge in [-0.25, -0.2) is 0 Å². The van der Waals surface area contributed by atoms with Gasteiger partial charge in [-0.3, -0.25) is 9.59 Å². The van der Waals surface area contributed by atoms with E-state index in [0.29, 0.717) is 0 Å². The second kappa shape index (κ2) is 5.58. The van der Waals surface area contributed by atoms with Crippen LogP contribution in [0, 0.1) is 23.7 Å². The second-order valence-corrected chi connectivity index (χ2v) is 6.97. The van der Waals surface area contributed by atoms with Gasteiger partial charge in [0.1, 0.15) is 5.75 Å². The first kappa shape index (κ1) is 15.1. The Morgan fingerprint density at radius 1 is 1.17 bits per heavy atom. The molecule has 1 saturated heterocycles. The Morgan fingerprint density at radius 3 is 2.46 bits per heavy atom. The molecule has 0 radical (unpaired) electrons. The molecule has 1 aromatic carbocycles. The molecule has 0 spiro atoms. The van der Waals surface area contributed by atoms with Crippen molar-refractivity contribution in [1.29, 1.82) is 0 Å². The predicted octanol–water partition coefficient (Wildman–Crippen LogP) is 2.61. The van der Waals surface area contributed by atoms with Crippen molar-refractivity contribution in [2.75, 3.05) is 0 Å². The molecule has 5 heteroatoms. The first-order valence-electron chi connectivity index (χ1n) is 8.41. The normalized spacial score (nSPS) is 30.9. The molecule has 5 nitrogen and oxygen atoms in total. The lowest BCUT2D eigenvalue weighted by atomic mass is 9.85. The van der Waals surface area contributed by atoms with E-state index in [0.717, 1.165) is 22.7 Å². The molecule has 2 fully saturated rings. The number of carbonyl (C=O) groups is 2. The average Bonchev–Trinajstić information content (AvgIpc) is 3.20. The largest absolute Gasteiger partial charge is 0.491 e. The lowest BCUT2D eigenvalue weighted by Crippen LogP contribution is -2.28. The number of benzene rings is 1. The number of hydrazone groups is 1. The molecule has 1 saturated carbocycles. The number of hydrogen-bond donors (Lipinski definition) is 0. The summed E-state index contributed by atoms with van der Waals surface area (Å²) < 4.78 is 5.65. The highest BCUT2D eigenvalue weighted by Crippen LogP contribution is 2.52. The summed E-state index contributed by atoms with van der Waals surface area (Å²) in [5.74, 6) is 0.423. The standard InChI is InChI=1S/C19H20N2O3/c1-11(2)24-15-5-3-4-12(8-15)10-20-21-18(22)16-13-6-7-14(9-13)17(16)19(21)23/h3-8,10-11,13-14,16-17H,9H2,1-2H3/t13-,14-,16-,17+/m0/s1. The monoisotopic (exact) mass is 324 g/mol. The van der Waals surface area contributed by atoms with Gasteiger partial charge < -0.3 is 4.74 Å². The number of rotatable bonds is 4. The van der Waals surface area contributed by atoms with E-state index in [2.05, 4.69) is 17.3 Å². The number of hydrogen-bond acceptors (Lipinski definition) is 4. The molecule has 0 aromatic heterocycles. The van der Waals surface area contributed by atoms with Crippen LogP contribution < -0.4 is 4.74 Å². The summed E-state index contributed by atoms with van der Waals surface area (Å²) in [5.41, 5.74) is 0.798. The van der Waals surface area contributed by atoms with Gasteiger partial charge in [-0.2, -0.15) is 10.1 Å². The summed E-state index contributed by atoms with van der Waals surface area (Å²) in [5, 5.41) is 5.25. The molecule has 3 aliphatic rings. The summed E-state index contributed by atoms with van der Waals surface area (Å²) >= 11 is 0. The maximum atomic E-state index is 12.6. The number of amides is 2. The van der Waals surface area contributed by atoms with E-state index in [1.54, 1.807) is 6.21 Å². The molecule has 2 aliphatic carbocycles. The van der Waals surface area contributed by atoms with E-state index in [1.165, 1.54) is 0 Å². The molecule has 4 rings (SSSR count). The highest BCUT2D eigenvalue weighted by Gasteiger charge is 2.59. The van der Waals surface area contributed by atoms with Crippen molar-refractivity contribution in [3.05, 3.63) is 42.0 Å².